The summed E-state index contributed by atoms with van der Waals surface area (Å²) < 4.78 is 1.82. The van der Waals surface area contributed by atoms with E-state index in [1.165, 1.54) is 6.42 Å². The maximum atomic E-state index is 10.5. The van der Waals surface area contributed by atoms with Crippen molar-refractivity contribution < 1.29 is 5.11 Å². The van der Waals surface area contributed by atoms with Crippen LogP contribution in [0, 0.1) is 5.92 Å². The van der Waals surface area contributed by atoms with Crippen LogP contribution in [0.4, 0.5) is 0 Å². The van der Waals surface area contributed by atoms with Crippen molar-refractivity contribution >= 4 is 0 Å². The first kappa shape index (κ1) is 9.65. The zero-order valence-corrected chi connectivity index (χ0v) is 8.77. The van der Waals surface area contributed by atoms with Gasteiger partial charge in [0.15, 0.2) is 5.82 Å². The number of hydrogen-bond donors (Lipinski definition) is 1. The quantitative estimate of drug-likeness (QED) is 0.733. The summed E-state index contributed by atoms with van der Waals surface area (Å²) in [7, 11) is 1.88. The molecule has 1 fully saturated rings. The van der Waals surface area contributed by atoms with Crippen molar-refractivity contribution in [2.75, 3.05) is 0 Å². The van der Waals surface area contributed by atoms with Crippen molar-refractivity contribution in [3.63, 3.8) is 0 Å². The molecule has 2 unspecified atom stereocenters. The molecule has 1 saturated carbocycles. The summed E-state index contributed by atoms with van der Waals surface area (Å²) in [4.78, 5) is 0. The number of aromatic nitrogens is 3. The standard InChI is InChI=1S/C10H17N3O/c1-8-4-3-5-10(14,6-8)9-12-11-7-13(9)2/h7-8,14H,3-6H2,1-2H3. The van der Waals surface area contributed by atoms with E-state index >= 15 is 0 Å². The number of aliphatic hydroxyl groups is 1. The monoisotopic (exact) mass is 195 g/mol. The third-order valence-electron chi connectivity index (χ3n) is 3.10. The smallest absolute Gasteiger partial charge is 0.164 e. The van der Waals surface area contributed by atoms with E-state index < -0.39 is 5.60 Å². The molecule has 1 aromatic heterocycles. The van der Waals surface area contributed by atoms with E-state index in [4.69, 9.17) is 0 Å². The molecule has 1 N–H and O–H groups in total. The molecular weight excluding hydrogens is 178 g/mol. The lowest BCUT2D eigenvalue weighted by Gasteiger charge is -2.34. The number of hydrogen-bond acceptors (Lipinski definition) is 3. The molecule has 14 heavy (non-hydrogen) atoms. The Morgan fingerprint density at radius 3 is 3.00 bits per heavy atom. The molecule has 2 atom stereocenters. The molecule has 78 valence electrons. The minimum Gasteiger partial charge on any atom is -0.382 e. The Hall–Kier alpha value is -0.900. The Morgan fingerprint density at radius 2 is 2.43 bits per heavy atom. The third-order valence-corrected chi connectivity index (χ3v) is 3.10. The van der Waals surface area contributed by atoms with Crippen LogP contribution in [-0.4, -0.2) is 19.9 Å². The molecule has 0 bridgehead atoms. The third kappa shape index (κ3) is 1.54. The molecule has 4 nitrogen and oxygen atoms in total. The summed E-state index contributed by atoms with van der Waals surface area (Å²) in [6.45, 7) is 2.18. The molecule has 0 spiro atoms. The first-order valence-electron chi connectivity index (χ1n) is 5.19. The van der Waals surface area contributed by atoms with Crippen LogP contribution >= 0.6 is 0 Å². The maximum absolute atomic E-state index is 10.5. The summed E-state index contributed by atoms with van der Waals surface area (Å²) in [6.07, 6.45) is 5.54. The van der Waals surface area contributed by atoms with Crippen LogP contribution in [0.2, 0.25) is 0 Å². The molecular formula is C10H17N3O. The maximum Gasteiger partial charge on any atom is 0.164 e. The summed E-state index contributed by atoms with van der Waals surface area (Å²) >= 11 is 0. The molecule has 1 aliphatic carbocycles. The normalized spacial score (nSPS) is 33.2. The second-order valence-electron chi connectivity index (χ2n) is 4.50. The fourth-order valence-corrected chi connectivity index (χ4v) is 2.43. The summed E-state index contributed by atoms with van der Waals surface area (Å²) in [6, 6.07) is 0. The second-order valence-corrected chi connectivity index (χ2v) is 4.50. The molecule has 0 aliphatic heterocycles. The highest BCUT2D eigenvalue weighted by molar-refractivity contribution is 5.03. The second kappa shape index (κ2) is 3.35. The van der Waals surface area contributed by atoms with Crippen molar-refractivity contribution in [2.24, 2.45) is 13.0 Å². The van der Waals surface area contributed by atoms with Crippen LogP contribution in [0.1, 0.15) is 38.4 Å². The van der Waals surface area contributed by atoms with Gasteiger partial charge in [0.1, 0.15) is 11.9 Å². The average Bonchev–Trinajstić information content (AvgIpc) is 2.51. The SMILES string of the molecule is CC1CCCC(O)(c2nncn2C)C1. The molecule has 0 radical (unpaired) electrons. The highest BCUT2D eigenvalue weighted by Gasteiger charge is 2.37. The van der Waals surface area contributed by atoms with Gasteiger partial charge in [-0.3, -0.25) is 0 Å². The van der Waals surface area contributed by atoms with Crippen LogP contribution in [0.15, 0.2) is 6.33 Å². The van der Waals surface area contributed by atoms with Gasteiger partial charge in [-0.05, 0) is 25.2 Å². The molecule has 1 aromatic rings. The minimum atomic E-state index is -0.747. The molecule has 1 heterocycles. The van der Waals surface area contributed by atoms with Gasteiger partial charge in [-0.25, -0.2) is 0 Å². The molecule has 4 heteroatoms. The van der Waals surface area contributed by atoms with Crippen molar-refractivity contribution in [3.8, 4) is 0 Å². The van der Waals surface area contributed by atoms with Crippen molar-refractivity contribution in [3.05, 3.63) is 12.2 Å². The highest BCUT2D eigenvalue weighted by Crippen LogP contribution is 2.38. The Balaban J connectivity index is 2.27. The molecule has 1 aliphatic rings. The predicted octanol–water partition coefficient (Wildman–Crippen LogP) is 1.21. The van der Waals surface area contributed by atoms with Crippen LogP contribution in [0.5, 0.6) is 0 Å². The number of aryl methyl sites for hydroxylation is 1. The minimum absolute atomic E-state index is 0.574. The van der Waals surface area contributed by atoms with Gasteiger partial charge in [-0.1, -0.05) is 13.3 Å². The Labute approximate surface area is 84.0 Å². The van der Waals surface area contributed by atoms with E-state index in [1.54, 1.807) is 6.33 Å². The fraction of sp³-hybridized carbons (Fsp3) is 0.800. The zero-order valence-electron chi connectivity index (χ0n) is 8.77. The Morgan fingerprint density at radius 1 is 1.64 bits per heavy atom. The topological polar surface area (TPSA) is 50.9 Å². The van der Waals surface area contributed by atoms with Gasteiger partial charge < -0.3 is 9.67 Å². The lowest BCUT2D eigenvalue weighted by atomic mass is 9.78. The molecule has 0 saturated heterocycles. The Kier molecular flexibility index (Phi) is 2.31. The van der Waals surface area contributed by atoms with E-state index in [0.717, 1.165) is 19.3 Å². The largest absolute Gasteiger partial charge is 0.382 e. The van der Waals surface area contributed by atoms with Crippen molar-refractivity contribution in [2.45, 2.75) is 38.2 Å². The lowest BCUT2D eigenvalue weighted by Crippen LogP contribution is -2.34. The first-order valence-corrected chi connectivity index (χ1v) is 5.19. The van der Waals surface area contributed by atoms with E-state index in [0.29, 0.717) is 11.7 Å². The number of nitrogens with zero attached hydrogens (tertiary/aromatic N) is 3. The summed E-state index contributed by atoms with van der Waals surface area (Å²) in [5.41, 5.74) is -0.747. The van der Waals surface area contributed by atoms with Crippen molar-refractivity contribution in [1.29, 1.82) is 0 Å². The van der Waals surface area contributed by atoms with E-state index in [1.807, 2.05) is 11.6 Å². The molecule has 2 rings (SSSR count). The highest BCUT2D eigenvalue weighted by atomic mass is 16.3. The summed E-state index contributed by atoms with van der Waals surface area (Å²) in [5.74, 6) is 1.29. The van der Waals surface area contributed by atoms with Gasteiger partial charge >= 0.3 is 0 Å². The van der Waals surface area contributed by atoms with Crippen LogP contribution in [-0.2, 0) is 12.6 Å². The van der Waals surface area contributed by atoms with E-state index in [2.05, 4.69) is 17.1 Å². The van der Waals surface area contributed by atoms with Crippen LogP contribution < -0.4 is 0 Å². The van der Waals surface area contributed by atoms with Crippen molar-refractivity contribution in [1.82, 2.24) is 14.8 Å². The van der Waals surface area contributed by atoms with Gasteiger partial charge in [0.2, 0.25) is 0 Å². The molecule has 0 amide bonds. The fourth-order valence-electron chi connectivity index (χ4n) is 2.43. The Bertz CT molecular complexity index is 323. The van der Waals surface area contributed by atoms with Gasteiger partial charge in [0.25, 0.3) is 0 Å². The predicted molar refractivity (Wildman–Crippen MR) is 52.5 cm³/mol. The van der Waals surface area contributed by atoms with Gasteiger partial charge in [0, 0.05) is 7.05 Å². The van der Waals surface area contributed by atoms with Gasteiger partial charge in [-0.15, -0.1) is 10.2 Å². The average molecular weight is 195 g/mol. The summed E-state index contributed by atoms with van der Waals surface area (Å²) in [5, 5.41) is 18.3. The first-order chi connectivity index (χ1) is 6.62. The van der Waals surface area contributed by atoms with Gasteiger partial charge in [-0.2, -0.15) is 0 Å². The van der Waals surface area contributed by atoms with E-state index in [-0.39, 0.29) is 0 Å². The lowest BCUT2D eigenvalue weighted by molar-refractivity contribution is -0.0280. The molecule has 0 aromatic carbocycles. The zero-order chi connectivity index (χ0) is 10.2. The van der Waals surface area contributed by atoms with Crippen LogP contribution in [0.25, 0.3) is 0 Å². The van der Waals surface area contributed by atoms with Crippen LogP contribution in [0.3, 0.4) is 0 Å². The van der Waals surface area contributed by atoms with Gasteiger partial charge in [0.05, 0.1) is 0 Å². The van der Waals surface area contributed by atoms with E-state index in [9.17, 15) is 5.11 Å². The number of rotatable bonds is 1.